The number of rotatable bonds is 7. The summed E-state index contributed by atoms with van der Waals surface area (Å²) in [5, 5.41) is 15.3. The molecular weight excluding hydrogens is 477 g/mol. The topological polar surface area (TPSA) is 81.9 Å². The number of thioether (sulfide) groups is 1. The van der Waals surface area contributed by atoms with Gasteiger partial charge in [0.25, 0.3) is 0 Å². The Labute approximate surface area is 175 Å². The number of carbonyl (C=O) groups excluding carboxylic acids is 1. The van der Waals surface area contributed by atoms with Gasteiger partial charge in [0.1, 0.15) is 11.4 Å². The van der Waals surface area contributed by atoms with Crippen molar-refractivity contribution >= 4 is 45.9 Å². The lowest BCUT2D eigenvalue weighted by atomic mass is 10.2. The van der Waals surface area contributed by atoms with Gasteiger partial charge in [-0.3, -0.25) is 4.79 Å². The highest BCUT2D eigenvalue weighted by Gasteiger charge is 2.15. The predicted molar refractivity (Wildman–Crippen MR) is 114 cm³/mol. The molecule has 0 fully saturated rings. The minimum Gasteiger partial charge on any atom is -0.492 e. The van der Waals surface area contributed by atoms with Crippen LogP contribution < -0.4 is 10.1 Å². The number of aryl methyl sites for hydroxylation is 1. The van der Waals surface area contributed by atoms with Gasteiger partial charge >= 0.3 is 0 Å². The normalized spacial score (nSPS) is 10.6. The SMILES string of the molecule is CCOc1ccccc1-n1nnnc1SCC(=O)Nc1ccc(I)cc1C. The largest absolute Gasteiger partial charge is 0.492 e. The Bertz CT molecular complexity index is 947. The second kappa shape index (κ2) is 9.18. The minimum atomic E-state index is -0.114. The van der Waals surface area contributed by atoms with Crippen LogP contribution in [0.3, 0.4) is 0 Å². The monoisotopic (exact) mass is 495 g/mol. The first-order valence-corrected chi connectivity index (χ1v) is 10.3. The van der Waals surface area contributed by atoms with Crippen molar-refractivity contribution in [3.05, 3.63) is 51.6 Å². The first-order chi connectivity index (χ1) is 13.1. The van der Waals surface area contributed by atoms with Gasteiger partial charge in [0, 0.05) is 9.26 Å². The number of tetrazole rings is 1. The molecule has 27 heavy (non-hydrogen) atoms. The highest BCUT2D eigenvalue weighted by molar-refractivity contribution is 14.1. The Balaban J connectivity index is 1.69. The summed E-state index contributed by atoms with van der Waals surface area (Å²) in [6.07, 6.45) is 0. The molecule has 0 aliphatic carbocycles. The molecule has 1 heterocycles. The van der Waals surface area contributed by atoms with Crippen LogP contribution in [0.5, 0.6) is 5.75 Å². The third-order valence-electron chi connectivity index (χ3n) is 3.63. The summed E-state index contributed by atoms with van der Waals surface area (Å²) in [6.45, 7) is 4.43. The van der Waals surface area contributed by atoms with Gasteiger partial charge in [-0.2, -0.15) is 4.68 Å². The molecule has 0 saturated carbocycles. The molecule has 0 aliphatic rings. The summed E-state index contributed by atoms with van der Waals surface area (Å²) in [5.74, 6) is 0.771. The molecule has 0 spiro atoms. The van der Waals surface area contributed by atoms with E-state index in [9.17, 15) is 4.79 Å². The van der Waals surface area contributed by atoms with Crippen LogP contribution in [-0.2, 0) is 4.79 Å². The summed E-state index contributed by atoms with van der Waals surface area (Å²) in [7, 11) is 0. The van der Waals surface area contributed by atoms with Crippen molar-refractivity contribution in [1.29, 1.82) is 0 Å². The molecule has 0 atom stereocenters. The fraction of sp³-hybridized carbons (Fsp3) is 0.222. The summed E-state index contributed by atoms with van der Waals surface area (Å²) in [4.78, 5) is 12.3. The van der Waals surface area contributed by atoms with E-state index >= 15 is 0 Å². The predicted octanol–water partition coefficient (Wildman–Crippen LogP) is 3.70. The maximum Gasteiger partial charge on any atom is 0.234 e. The Morgan fingerprint density at radius 2 is 2.11 bits per heavy atom. The molecular formula is C18H18IN5O2S. The van der Waals surface area contributed by atoms with Gasteiger partial charge in [-0.15, -0.1) is 5.10 Å². The van der Waals surface area contributed by atoms with E-state index in [1.54, 1.807) is 4.68 Å². The Kier molecular flexibility index (Phi) is 6.67. The second-order valence-corrected chi connectivity index (χ2v) is 7.76. The molecule has 0 aliphatic heterocycles. The van der Waals surface area contributed by atoms with Gasteiger partial charge in [0.05, 0.1) is 12.4 Å². The van der Waals surface area contributed by atoms with Gasteiger partial charge in [0.2, 0.25) is 11.1 Å². The van der Waals surface area contributed by atoms with E-state index in [1.807, 2.05) is 56.3 Å². The van der Waals surface area contributed by atoms with Crippen LogP contribution in [-0.4, -0.2) is 38.5 Å². The van der Waals surface area contributed by atoms with Gasteiger partial charge < -0.3 is 10.1 Å². The Morgan fingerprint density at radius 1 is 1.30 bits per heavy atom. The zero-order valence-corrected chi connectivity index (χ0v) is 17.8. The van der Waals surface area contributed by atoms with E-state index in [4.69, 9.17) is 4.74 Å². The number of benzene rings is 2. The van der Waals surface area contributed by atoms with Crippen LogP contribution in [0, 0.1) is 10.5 Å². The highest BCUT2D eigenvalue weighted by atomic mass is 127. The molecule has 0 unspecified atom stereocenters. The van der Waals surface area contributed by atoms with Crippen molar-refractivity contribution in [2.24, 2.45) is 0 Å². The van der Waals surface area contributed by atoms with Crippen LogP contribution in [0.25, 0.3) is 5.69 Å². The third kappa shape index (κ3) is 4.98. The fourth-order valence-corrected chi connectivity index (χ4v) is 3.74. The zero-order valence-electron chi connectivity index (χ0n) is 14.8. The second-order valence-electron chi connectivity index (χ2n) is 5.57. The van der Waals surface area contributed by atoms with E-state index in [0.717, 1.165) is 20.5 Å². The zero-order chi connectivity index (χ0) is 19.2. The van der Waals surface area contributed by atoms with Crippen molar-refractivity contribution < 1.29 is 9.53 Å². The lowest BCUT2D eigenvalue weighted by Gasteiger charge is -2.11. The van der Waals surface area contributed by atoms with Gasteiger partial charge in [-0.1, -0.05) is 23.9 Å². The van der Waals surface area contributed by atoms with Crippen molar-refractivity contribution in [2.45, 2.75) is 19.0 Å². The first-order valence-electron chi connectivity index (χ1n) is 8.28. The molecule has 1 amide bonds. The smallest absolute Gasteiger partial charge is 0.234 e. The number of aromatic nitrogens is 4. The molecule has 1 N–H and O–H groups in total. The third-order valence-corrected chi connectivity index (χ3v) is 5.22. The van der Waals surface area contributed by atoms with E-state index in [-0.39, 0.29) is 11.7 Å². The van der Waals surface area contributed by atoms with Crippen LogP contribution in [0.4, 0.5) is 5.69 Å². The molecule has 0 saturated heterocycles. The van der Waals surface area contributed by atoms with Crippen LogP contribution in [0.2, 0.25) is 0 Å². The van der Waals surface area contributed by atoms with Crippen molar-refractivity contribution in [3.8, 4) is 11.4 Å². The maximum atomic E-state index is 12.3. The number of anilines is 1. The Morgan fingerprint density at radius 3 is 2.89 bits per heavy atom. The number of nitrogens with zero attached hydrogens (tertiary/aromatic N) is 4. The van der Waals surface area contributed by atoms with Crippen molar-refractivity contribution in [3.63, 3.8) is 0 Å². The van der Waals surface area contributed by atoms with Gasteiger partial charge in [-0.05, 0) is 82.8 Å². The van der Waals surface area contributed by atoms with Gasteiger partial charge in [-0.25, -0.2) is 0 Å². The summed E-state index contributed by atoms with van der Waals surface area (Å²) in [5.41, 5.74) is 2.57. The van der Waals surface area contributed by atoms with Gasteiger partial charge in [0.15, 0.2) is 0 Å². The molecule has 2 aromatic carbocycles. The van der Waals surface area contributed by atoms with E-state index in [2.05, 4.69) is 43.4 Å². The number of hydrogen-bond acceptors (Lipinski definition) is 6. The summed E-state index contributed by atoms with van der Waals surface area (Å²) < 4.78 is 8.35. The fourth-order valence-electron chi connectivity index (χ4n) is 2.41. The molecule has 7 nitrogen and oxygen atoms in total. The molecule has 0 radical (unpaired) electrons. The number of amides is 1. The maximum absolute atomic E-state index is 12.3. The van der Waals surface area contributed by atoms with E-state index in [1.165, 1.54) is 11.8 Å². The lowest BCUT2D eigenvalue weighted by Crippen LogP contribution is -2.15. The minimum absolute atomic E-state index is 0.114. The number of hydrogen-bond donors (Lipinski definition) is 1. The molecule has 3 aromatic rings. The molecule has 140 valence electrons. The number of para-hydroxylation sites is 2. The molecule has 1 aromatic heterocycles. The quantitative estimate of drug-likeness (QED) is 0.398. The Hall–Kier alpha value is -2.14. The first kappa shape index (κ1) is 19.6. The lowest BCUT2D eigenvalue weighted by molar-refractivity contribution is -0.113. The average molecular weight is 495 g/mol. The highest BCUT2D eigenvalue weighted by Crippen LogP contribution is 2.26. The van der Waals surface area contributed by atoms with Crippen LogP contribution in [0.1, 0.15) is 12.5 Å². The van der Waals surface area contributed by atoms with E-state index < -0.39 is 0 Å². The number of halogens is 1. The summed E-state index contributed by atoms with van der Waals surface area (Å²) >= 11 is 3.51. The number of ether oxygens (including phenoxy) is 1. The van der Waals surface area contributed by atoms with Crippen molar-refractivity contribution in [2.75, 3.05) is 17.7 Å². The van der Waals surface area contributed by atoms with Crippen LogP contribution >= 0.6 is 34.4 Å². The van der Waals surface area contributed by atoms with Crippen molar-refractivity contribution in [1.82, 2.24) is 20.2 Å². The molecule has 0 bridgehead atoms. The van der Waals surface area contributed by atoms with Crippen LogP contribution in [0.15, 0.2) is 47.6 Å². The van der Waals surface area contributed by atoms with E-state index in [0.29, 0.717) is 17.5 Å². The standard InChI is InChI=1S/C18H18IN5O2S/c1-3-26-16-7-5-4-6-15(16)24-18(21-22-23-24)27-11-17(25)20-14-9-8-13(19)10-12(14)2/h4-10H,3,11H2,1-2H3,(H,20,25). The number of nitrogens with one attached hydrogen (secondary N) is 1. The molecule has 3 rings (SSSR count). The molecule has 9 heteroatoms. The summed E-state index contributed by atoms with van der Waals surface area (Å²) in [6, 6.07) is 13.4. The average Bonchev–Trinajstić information content (AvgIpc) is 3.11. The number of carbonyl (C=O) groups is 1.